The molecule has 3 N–H and O–H groups in total. The summed E-state index contributed by atoms with van der Waals surface area (Å²) in [6.45, 7) is 4.31. The van der Waals surface area contributed by atoms with E-state index in [-0.39, 0.29) is 16.8 Å². The highest BCUT2D eigenvalue weighted by molar-refractivity contribution is 7.80. The largest absolute Gasteiger partial charge is 0.393 e. The molecule has 0 saturated heterocycles. The van der Waals surface area contributed by atoms with E-state index in [9.17, 15) is 4.79 Å². The second-order valence-electron chi connectivity index (χ2n) is 3.45. The van der Waals surface area contributed by atoms with Crippen LogP contribution in [0.2, 0.25) is 0 Å². The van der Waals surface area contributed by atoms with Crippen LogP contribution in [0.4, 0.5) is 0 Å². The minimum atomic E-state index is -0.379. The summed E-state index contributed by atoms with van der Waals surface area (Å²) in [4.78, 5) is 17.2. The number of carbonyl (C=O) groups is 1. The summed E-state index contributed by atoms with van der Waals surface area (Å²) in [5, 5.41) is 3.68. The maximum atomic E-state index is 11.7. The lowest BCUT2D eigenvalue weighted by atomic mass is 10.1. The molecule has 88 valence electrons. The lowest BCUT2D eigenvalue weighted by Crippen LogP contribution is -2.37. The summed E-state index contributed by atoms with van der Waals surface area (Å²) >= 11 is 6.40. The van der Waals surface area contributed by atoms with E-state index in [1.807, 2.05) is 13.8 Å². The van der Waals surface area contributed by atoms with E-state index in [0.717, 1.165) is 9.88 Å². The van der Waals surface area contributed by atoms with E-state index < -0.39 is 0 Å². The Kier molecular flexibility index (Phi) is 4.82. The molecule has 0 fully saturated rings. The molecule has 0 aromatic carbocycles. The second-order valence-corrected chi connectivity index (χ2v) is 5.24. The van der Waals surface area contributed by atoms with Crippen LogP contribution in [0.15, 0.2) is 6.20 Å². The van der Waals surface area contributed by atoms with Gasteiger partial charge in [-0.1, -0.05) is 19.1 Å². The number of aromatic nitrogens is 1. The molecular weight excluding hydrogens is 242 g/mol. The molecule has 0 bridgehead atoms. The van der Waals surface area contributed by atoms with Gasteiger partial charge in [-0.15, -0.1) is 11.3 Å². The Balaban J connectivity index is 2.49. The Morgan fingerprint density at radius 1 is 1.75 bits per heavy atom. The van der Waals surface area contributed by atoms with Crippen LogP contribution in [-0.4, -0.2) is 15.9 Å². The Hall–Kier alpha value is -1.01. The van der Waals surface area contributed by atoms with Crippen LogP contribution in [0, 0.1) is 12.8 Å². The first-order valence-electron chi connectivity index (χ1n) is 5.03. The molecule has 1 rings (SSSR count). The van der Waals surface area contributed by atoms with E-state index in [1.54, 1.807) is 17.5 Å². The van der Waals surface area contributed by atoms with Crippen LogP contribution in [0.5, 0.6) is 0 Å². The van der Waals surface area contributed by atoms with Crippen LogP contribution >= 0.6 is 23.6 Å². The van der Waals surface area contributed by atoms with E-state index in [2.05, 4.69) is 10.3 Å². The van der Waals surface area contributed by atoms with Crippen molar-refractivity contribution in [3.63, 3.8) is 0 Å². The smallest absolute Gasteiger partial charge is 0.230 e. The molecule has 1 unspecified atom stereocenters. The van der Waals surface area contributed by atoms with Gasteiger partial charge in [0.05, 0.1) is 17.5 Å². The standard InChI is InChI=1S/C10H15N3OS2/c1-3-7(9(11)15)10(14)13-5-8-12-4-6(2)16-8/h4,7H,3,5H2,1-2H3,(H2,11,15)(H,13,14). The van der Waals surface area contributed by atoms with Gasteiger partial charge in [-0.2, -0.15) is 0 Å². The lowest BCUT2D eigenvalue weighted by molar-refractivity contribution is -0.123. The van der Waals surface area contributed by atoms with E-state index in [1.165, 1.54) is 0 Å². The van der Waals surface area contributed by atoms with Crippen molar-refractivity contribution in [3.05, 3.63) is 16.1 Å². The molecular formula is C10H15N3OS2. The topological polar surface area (TPSA) is 68.0 Å². The first kappa shape index (κ1) is 13.1. The number of hydrogen-bond donors (Lipinski definition) is 2. The van der Waals surface area contributed by atoms with Crippen LogP contribution in [-0.2, 0) is 11.3 Å². The van der Waals surface area contributed by atoms with Crippen molar-refractivity contribution in [2.75, 3.05) is 0 Å². The maximum absolute atomic E-state index is 11.7. The van der Waals surface area contributed by atoms with Crippen molar-refractivity contribution < 1.29 is 4.79 Å². The third-order valence-electron chi connectivity index (χ3n) is 2.15. The molecule has 0 aliphatic carbocycles. The highest BCUT2D eigenvalue weighted by atomic mass is 32.1. The van der Waals surface area contributed by atoms with E-state index >= 15 is 0 Å². The highest BCUT2D eigenvalue weighted by Gasteiger charge is 2.18. The van der Waals surface area contributed by atoms with Crippen molar-refractivity contribution >= 4 is 34.5 Å². The zero-order chi connectivity index (χ0) is 12.1. The Morgan fingerprint density at radius 2 is 2.44 bits per heavy atom. The van der Waals surface area contributed by atoms with Crippen LogP contribution in [0.1, 0.15) is 23.2 Å². The Morgan fingerprint density at radius 3 is 2.88 bits per heavy atom. The highest BCUT2D eigenvalue weighted by Crippen LogP contribution is 2.11. The number of nitrogens with one attached hydrogen (secondary N) is 1. The molecule has 0 aliphatic heterocycles. The number of thiazole rings is 1. The van der Waals surface area contributed by atoms with Crippen molar-refractivity contribution in [3.8, 4) is 0 Å². The van der Waals surface area contributed by atoms with Gasteiger partial charge in [-0.05, 0) is 13.3 Å². The third kappa shape index (κ3) is 3.53. The number of aryl methyl sites for hydroxylation is 1. The number of thiocarbonyl (C=S) groups is 1. The van der Waals surface area contributed by atoms with Crippen molar-refractivity contribution in [2.24, 2.45) is 11.7 Å². The number of nitrogens with zero attached hydrogens (tertiary/aromatic N) is 1. The number of rotatable bonds is 5. The number of carbonyl (C=O) groups excluding carboxylic acids is 1. The number of hydrogen-bond acceptors (Lipinski definition) is 4. The molecule has 1 atom stereocenters. The molecule has 1 amide bonds. The van der Waals surface area contributed by atoms with Crippen molar-refractivity contribution in [1.29, 1.82) is 0 Å². The van der Waals surface area contributed by atoms with Gasteiger partial charge in [-0.25, -0.2) is 4.98 Å². The molecule has 1 aromatic heterocycles. The maximum Gasteiger partial charge on any atom is 0.230 e. The average molecular weight is 257 g/mol. The summed E-state index contributed by atoms with van der Waals surface area (Å²) < 4.78 is 0. The Bertz CT molecular complexity index is 389. The monoisotopic (exact) mass is 257 g/mol. The first-order chi connectivity index (χ1) is 7.54. The van der Waals surface area contributed by atoms with Gasteiger partial charge >= 0.3 is 0 Å². The minimum Gasteiger partial charge on any atom is -0.393 e. The summed E-state index contributed by atoms with van der Waals surface area (Å²) in [5.74, 6) is -0.501. The normalized spacial score (nSPS) is 12.1. The van der Waals surface area contributed by atoms with Gasteiger partial charge < -0.3 is 11.1 Å². The summed E-state index contributed by atoms with van der Waals surface area (Å²) in [5.41, 5.74) is 5.48. The Labute approximate surface area is 104 Å². The van der Waals surface area contributed by atoms with Crippen molar-refractivity contribution in [1.82, 2.24) is 10.3 Å². The minimum absolute atomic E-state index is 0.122. The fraction of sp³-hybridized carbons (Fsp3) is 0.500. The lowest BCUT2D eigenvalue weighted by Gasteiger charge is -2.12. The van der Waals surface area contributed by atoms with Crippen LogP contribution in [0.25, 0.3) is 0 Å². The van der Waals surface area contributed by atoms with Crippen LogP contribution in [0.3, 0.4) is 0 Å². The molecule has 1 aromatic rings. The zero-order valence-corrected chi connectivity index (χ0v) is 11.0. The molecule has 0 saturated carbocycles. The van der Waals surface area contributed by atoms with Crippen molar-refractivity contribution in [2.45, 2.75) is 26.8 Å². The number of amides is 1. The van der Waals surface area contributed by atoms with E-state index in [4.69, 9.17) is 18.0 Å². The SMILES string of the molecule is CCC(C(=O)NCc1ncc(C)s1)C(N)=S. The summed E-state index contributed by atoms with van der Waals surface area (Å²) in [7, 11) is 0. The van der Waals surface area contributed by atoms with Gasteiger partial charge in [0.1, 0.15) is 5.01 Å². The fourth-order valence-corrected chi connectivity index (χ4v) is 2.29. The third-order valence-corrected chi connectivity index (χ3v) is 3.35. The van der Waals surface area contributed by atoms with Gasteiger partial charge in [0.2, 0.25) is 5.91 Å². The first-order valence-corrected chi connectivity index (χ1v) is 6.25. The summed E-state index contributed by atoms with van der Waals surface area (Å²) in [6.07, 6.45) is 2.41. The predicted octanol–water partition coefficient (Wildman–Crippen LogP) is 1.38. The van der Waals surface area contributed by atoms with Gasteiger partial charge in [-0.3, -0.25) is 4.79 Å². The molecule has 0 spiro atoms. The number of nitrogens with two attached hydrogens (primary N) is 1. The molecule has 0 radical (unpaired) electrons. The second kappa shape index (κ2) is 5.91. The van der Waals surface area contributed by atoms with Gasteiger partial charge in [0.25, 0.3) is 0 Å². The molecule has 1 heterocycles. The fourth-order valence-electron chi connectivity index (χ4n) is 1.28. The predicted molar refractivity (Wildman–Crippen MR) is 69.3 cm³/mol. The molecule has 6 heteroatoms. The molecule has 16 heavy (non-hydrogen) atoms. The van der Waals surface area contributed by atoms with Gasteiger partial charge in [0, 0.05) is 11.1 Å². The average Bonchev–Trinajstić information content (AvgIpc) is 2.62. The zero-order valence-electron chi connectivity index (χ0n) is 9.32. The van der Waals surface area contributed by atoms with Crippen LogP contribution < -0.4 is 11.1 Å². The quantitative estimate of drug-likeness (QED) is 0.782. The molecule has 4 nitrogen and oxygen atoms in total. The summed E-state index contributed by atoms with van der Waals surface area (Å²) in [6, 6.07) is 0. The van der Waals surface area contributed by atoms with E-state index in [0.29, 0.717) is 13.0 Å². The molecule has 0 aliphatic rings. The van der Waals surface area contributed by atoms with Gasteiger partial charge in [0.15, 0.2) is 0 Å².